The fraction of sp³-hybridized carbons (Fsp3) is 0.355. The minimum Gasteiger partial charge on any atom is -0.493 e. The van der Waals surface area contributed by atoms with E-state index in [-0.39, 0.29) is 30.5 Å². The molecule has 1 aliphatic rings. The number of rotatable bonds is 11. The van der Waals surface area contributed by atoms with Crippen LogP contribution in [-0.4, -0.2) is 57.2 Å². The first kappa shape index (κ1) is 31.4. The van der Waals surface area contributed by atoms with Gasteiger partial charge in [-0.15, -0.1) is 0 Å². The maximum absolute atomic E-state index is 14.0. The van der Waals surface area contributed by atoms with Gasteiger partial charge in [0.25, 0.3) is 5.56 Å². The van der Waals surface area contributed by atoms with Crippen LogP contribution in [0.2, 0.25) is 0 Å². The van der Waals surface area contributed by atoms with E-state index >= 15 is 0 Å². The van der Waals surface area contributed by atoms with Crippen LogP contribution in [0.3, 0.4) is 0 Å². The van der Waals surface area contributed by atoms with Gasteiger partial charge >= 0.3 is 11.9 Å². The lowest BCUT2D eigenvalue weighted by molar-refractivity contribution is -0.143. The third-order valence-corrected chi connectivity index (χ3v) is 7.42. The number of allylic oxidation sites excluding steroid dienone is 1. The molecule has 0 radical (unpaired) electrons. The Labute approximate surface area is 252 Å². The predicted octanol–water partition coefficient (Wildman–Crippen LogP) is 3.15. The molecule has 11 nitrogen and oxygen atoms in total. The Morgan fingerprint density at radius 1 is 1.02 bits per heavy atom. The third-order valence-electron chi connectivity index (χ3n) is 6.44. The van der Waals surface area contributed by atoms with E-state index in [1.54, 1.807) is 56.3 Å². The van der Waals surface area contributed by atoms with Gasteiger partial charge in [-0.2, -0.15) is 0 Å². The van der Waals surface area contributed by atoms with Gasteiger partial charge in [0.15, 0.2) is 34.4 Å². The number of methoxy groups -OCH3 is 3. The Morgan fingerprint density at radius 2 is 1.72 bits per heavy atom. The lowest BCUT2D eigenvalue weighted by atomic mass is 9.95. The van der Waals surface area contributed by atoms with Crippen molar-refractivity contribution in [1.82, 2.24) is 4.57 Å². The van der Waals surface area contributed by atoms with Gasteiger partial charge in [-0.3, -0.25) is 9.36 Å². The molecule has 1 aromatic heterocycles. The van der Waals surface area contributed by atoms with Crippen molar-refractivity contribution < 1.29 is 38.0 Å². The highest BCUT2D eigenvalue weighted by Gasteiger charge is 2.34. The van der Waals surface area contributed by atoms with Crippen LogP contribution in [0.15, 0.2) is 57.5 Å². The van der Waals surface area contributed by atoms with Gasteiger partial charge in [-0.25, -0.2) is 14.6 Å². The van der Waals surface area contributed by atoms with E-state index < -0.39 is 18.0 Å². The lowest BCUT2D eigenvalue weighted by Crippen LogP contribution is -2.40. The number of thiazole rings is 1. The summed E-state index contributed by atoms with van der Waals surface area (Å²) in [7, 11) is 4.28. The number of hydrogen-bond donors (Lipinski definition) is 0. The van der Waals surface area contributed by atoms with E-state index in [0.29, 0.717) is 49.2 Å². The Kier molecular flexibility index (Phi) is 9.92. The van der Waals surface area contributed by atoms with Gasteiger partial charge in [0.05, 0.1) is 55.9 Å². The van der Waals surface area contributed by atoms with Crippen LogP contribution in [0.5, 0.6) is 23.0 Å². The number of esters is 2. The number of nitrogens with zero attached hydrogens (tertiary/aromatic N) is 2. The molecule has 0 bridgehead atoms. The van der Waals surface area contributed by atoms with Crippen LogP contribution in [0.4, 0.5) is 0 Å². The molecule has 0 saturated carbocycles. The monoisotopic (exact) mass is 610 g/mol. The fourth-order valence-corrected chi connectivity index (χ4v) is 5.60. The van der Waals surface area contributed by atoms with Gasteiger partial charge in [0.1, 0.15) is 0 Å². The highest BCUT2D eigenvalue weighted by atomic mass is 32.1. The minimum absolute atomic E-state index is 0.0817. The Hall–Kier alpha value is -4.58. The molecule has 0 fully saturated rings. The molecular formula is C31H34N2O9S. The Balaban J connectivity index is 1.85. The van der Waals surface area contributed by atoms with E-state index in [1.807, 2.05) is 13.8 Å². The van der Waals surface area contributed by atoms with Crippen molar-refractivity contribution in [1.29, 1.82) is 0 Å². The molecule has 1 atom stereocenters. The summed E-state index contributed by atoms with van der Waals surface area (Å²) < 4.78 is 34.3. The van der Waals surface area contributed by atoms with Crippen molar-refractivity contribution >= 4 is 29.4 Å². The summed E-state index contributed by atoms with van der Waals surface area (Å²) in [5.74, 6) is 0.642. The Morgan fingerprint density at radius 3 is 2.37 bits per heavy atom. The molecule has 2 heterocycles. The fourth-order valence-electron chi connectivity index (χ4n) is 4.55. The van der Waals surface area contributed by atoms with Crippen molar-refractivity contribution in [3.8, 4) is 23.0 Å². The molecule has 0 aliphatic carbocycles. The van der Waals surface area contributed by atoms with Crippen molar-refractivity contribution in [2.24, 2.45) is 4.99 Å². The summed E-state index contributed by atoms with van der Waals surface area (Å²) in [4.78, 5) is 43.7. The van der Waals surface area contributed by atoms with Crippen LogP contribution in [0.25, 0.3) is 6.08 Å². The minimum atomic E-state index is -0.817. The number of carbonyl (C=O) groups excluding carboxylic acids is 2. The molecule has 228 valence electrons. The number of fused-ring (bicyclic) bond motifs is 1. The second kappa shape index (κ2) is 13.6. The summed E-state index contributed by atoms with van der Waals surface area (Å²) in [5.41, 5.74) is 1.66. The molecule has 0 N–H and O–H groups in total. The maximum Gasteiger partial charge on any atom is 0.343 e. The molecule has 1 unspecified atom stereocenters. The first-order chi connectivity index (χ1) is 20.6. The first-order valence-electron chi connectivity index (χ1n) is 13.5. The van der Waals surface area contributed by atoms with E-state index in [9.17, 15) is 14.4 Å². The van der Waals surface area contributed by atoms with Crippen molar-refractivity contribution in [2.75, 3.05) is 34.5 Å². The van der Waals surface area contributed by atoms with Gasteiger partial charge in [-0.1, -0.05) is 23.5 Å². The highest BCUT2D eigenvalue weighted by Crippen LogP contribution is 2.36. The Bertz CT molecular complexity index is 1740. The van der Waals surface area contributed by atoms with Gasteiger partial charge < -0.3 is 28.4 Å². The molecule has 2 aromatic carbocycles. The van der Waals surface area contributed by atoms with Crippen LogP contribution in [0.1, 0.15) is 44.9 Å². The highest BCUT2D eigenvalue weighted by molar-refractivity contribution is 7.07. The summed E-state index contributed by atoms with van der Waals surface area (Å²) >= 11 is 1.20. The van der Waals surface area contributed by atoms with Crippen LogP contribution >= 0.6 is 11.3 Å². The quantitative estimate of drug-likeness (QED) is 0.301. The van der Waals surface area contributed by atoms with E-state index in [0.717, 1.165) is 0 Å². The molecular weight excluding hydrogens is 576 g/mol. The lowest BCUT2D eigenvalue weighted by Gasteiger charge is -2.25. The van der Waals surface area contributed by atoms with Gasteiger partial charge in [0, 0.05) is 0 Å². The average molecular weight is 611 g/mol. The standard InChI is InChI=1S/C31H34N2O9S/c1-8-40-30(36)27-18(4)32-31-33(28(27)20-10-12-22(42-17(2)3)24(15-20)38-6)29(35)25(43-31)14-19-9-11-21(23(13-19)37-5)41-16-26(34)39-7/h9-15,17,28H,8,16H2,1-7H3. The molecule has 3 aromatic rings. The third kappa shape index (κ3) is 6.75. The maximum atomic E-state index is 14.0. The molecule has 4 rings (SSSR count). The van der Waals surface area contributed by atoms with E-state index in [2.05, 4.69) is 9.73 Å². The van der Waals surface area contributed by atoms with E-state index in [1.165, 1.54) is 37.2 Å². The zero-order valence-corrected chi connectivity index (χ0v) is 25.9. The summed E-state index contributed by atoms with van der Waals surface area (Å²) in [6.45, 7) is 7.16. The topological polar surface area (TPSA) is 124 Å². The molecule has 43 heavy (non-hydrogen) atoms. The molecule has 0 amide bonds. The number of aromatic nitrogens is 1. The number of hydrogen-bond acceptors (Lipinski definition) is 11. The van der Waals surface area contributed by atoms with Gasteiger partial charge in [0.2, 0.25) is 0 Å². The summed E-state index contributed by atoms with van der Waals surface area (Å²) in [6, 6.07) is 9.58. The predicted molar refractivity (Wildman–Crippen MR) is 160 cm³/mol. The summed E-state index contributed by atoms with van der Waals surface area (Å²) in [5, 5.41) is 0. The molecule has 1 aliphatic heterocycles. The molecule has 12 heteroatoms. The second-order valence-electron chi connectivity index (χ2n) is 9.65. The average Bonchev–Trinajstić information content (AvgIpc) is 3.29. The zero-order chi connectivity index (χ0) is 31.3. The first-order valence-corrected chi connectivity index (χ1v) is 14.3. The van der Waals surface area contributed by atoms with Crippen LogP contribution in [-0.2, 0) is 19.1 Å². The van der Waals surface area contributed by atoms with Crippen molar-refractivity contribution in [3.63, 3.8) is 0 Å². The second-order valence-corrected chi connectivity index (χ2v) is 10.7. The smallest absolute Gasteiger partial charge is 0.343 e. The normalized spacial score (nSPS) is 14.6. The number of benzene rings is 2. The van der Waals surface area contributed by atoms with Crippen molar-refractivity contribution in [2.45, 2.75) is 39.8 Å². The number of carbonyl (C=O) groups is 2. The summed E-state index contributed by atoms with van der Waals surface area (Å²) in [6.07, 6.45) is 1.62. The SMILES string of the molecule is CCOC(=O)C1=C(C)N=c2sc(=Cc3ccc(OCC(=O)OC)c(OC)c3)c(=O)n2C1c1ccc(OC(C)C)c(OC)c1. The van der Waals surface area contributed by atoms with Gasteiger partial charge in [-0.05, 0) is 69.2 Å². The van der Waals surface area contributed by atoms with Crippen molar-refractivity contribution in [3.05, 3.63) is 78.5 Å². The van der Waals surface area contributed by atoms with E-state index in [4.69, 9.17) is 23.7 Å². The molecule has 0 saturated heterocycles. The zero-order valence-electron chi connectivity index (χ0n) is 25.1. The largest absolute Gasteiger partial charge is 0.493 e. The number of ether oxygens (including phenoxy) is 6. The van der Waals surface area contributed by atoms with Crippen LogP contribution < -0.4 is 33.8 Å². The van der Waals surface area contributed by atoms with Crippen LogP contribution in [0, 0.1) is 0 Å². The molecule has 0 spiro atoms.